The van der Waals surface area contributed by atoms with Crippen molar-refractivity contribution in [3.8, 4) is 0 Å². The summed E-state index contributed by atoms with van der Waals surface area (Å²) in [6, 6.07) is 2.41. The van der Waals surface area contributed by atoms with Gasteiger partial charge >= 0.3 is 0 Å². The lowest BCUT2D eigenvalue weighted by molar-refractivity contribution is 0.380. The van der Waals surface area contributed by atoms with Crippen LogP contribution in [0.5, 0.6) is 0 Å². The van der Waals surface area contributed by atoms with E-state index in [0.29, 0.717) is 17.0 Å². The summed E-state index contributed by atoms with van der Waals surface area (Å²) in [5, 5.41) is 3.32. The molecule has 106 valence electrons. The first-order valence-electron chi connectivity index (χ1n) is 6.85. The van der Waals surface area contributed by atoms with Gasteiger partial charge in [0.05, 0.1) is 0 Å². The number of hydrogen-bond donors (Lipinski definition) is 1. The van der Waals surface area contributed by atoms with Crippen LogP contribution in [0.1, 0.15) is 30.5 Å². The van der Waals surface area contributed by atoms with Gasteiger partial charge in [-0.15, -0.1) is 0 Å². The Balaban J connectivity index is 1.96. The second kappa shape index (κ2) is 5.97. The average molecular weight is 268 g/mol. The summed E-state index contributed by atoms with van der Waals surface area (Å²) in [7, 11) is 2.11. The molecule has 0 radical (unpaired) electrons. The Labute approximate surface area is 113 Å². The Morgan fingerprint density at radius 3 is 2.74 bits per heavy atom. The fourth-order valence-corrected chi connectivity index (χ4v) is 2.64. The number of likely N-dealkylation sites (tertiary alicyclic amines) is 1. The molecule has 1 fully saturated rings. The van der Waals surface area contributed by atoms with Crippen molar-refractivity contribution in [1.29, 1.82) is 0 Å². The zero-order valence-corrected chi connectivity index (χ0v) is 11.8. The minimum Gasteiger partial charge on any atom is -0.310 e. The van der Waals surface area contributed by atoms with E-state index in [-0.39, 0.29) is 17.7 Å². The fraction of sp³-hybridized carbons (Fsp3) is 0.600. The summed E-state index contributed by atoms with van der Waals surface area (Å²) >= 11 is 0. The molecule has 19 heavy (non-hydrogen) atoms. The summed E-state index contributed by atoms with van der Waals surface area (Å²) in [4.78, 5) is 2.29. The Bertz CT molecular complexity index is 448. The third-order valence-electron chi connectivity index (χ3n) is 3.95. The molecule has 1 N–H and O–H groups in total. The zero-order chi connectivity index (χ0) is 14.0. The van der Waals surface area contributed by atoms with E-state index in [2.05, 4.69) is 17.3 Å². The molecule has 2 atom stereocenters. The predicted molar refractivity (Wildman–Crippen MR) is 73.1 cm³/mol. The van der Waals surface area contributed by atoms with Crippen LogP contribution >= 0.6 is 0 Å². The van der Waals surface area contributed by atoms with Crippen LogP contribution in [0.25, 0.3) is 0 Å². The van der Waals surface area contributed by atoms with Gasteiger partial charge < -0.3 is 10.2 Å². The highest BCUT2D eigenvalue weighted by Crippen LogP contribution is 2.21. The second-order valence-electron chi connectivity index (χ2n) is 5.67. The summed E-state index contributed by atoms with van der Waals surface area (Å²) in [6.45, 7) is 6.50. The Hall–Kier alpha value is -1.00. The lowest BCUT2D eigenvalue weighted by Gasteiger charge is -2.18. The number of hydrogen-bond acceptors (Lipinski definition) is 2. The van der Waals surface area contributed by atoms with Gasteiger partial charge in [-0.25, -0.2) is 8.78 Å². The van der Waals surface area contributed by atoms with Gasteiger partial charge in [-0.2, -0.15) is 0 Å². The second-order valence-corrected chi connectivity index (χ2v) is 5.67. The highest BCUT2D eigenvalue weighted by atomic mass is 19.1. The summed E-state index contributed by atoms with van der Waals surface area (Å²) in [5.74, 6) is -0.0705. The van der Waals surface area contributed by atoms with Gasteiger partial charge in [-0.05, 0) is 64.0 Å². The molecule has 1 aromatic carbocycles. The number of benzene rings is 1. The molecule has 0 bridgehead atoms. The predicted octanol–water partition coefficient (Wildman–Crippen LogP) is 2.88. The van der Waals surface area contributed by atoms with Crippen molar-refractivity contribution >= 4 is 0 Å². The van der Waals surface area contributed by atoms with Crippen molar-refractivity contribution in [2.45, 2.75) is 26.3 Å². The van der Waals surface area contributed by atoms with Crippen LogP contribution in [0, 0.1) is 24.5 Å². The van der Waals surface area contributed by atoms with E-state index >= 15 is 0 Å². The fourth-order valence-electron chi connectivity index (χ4n) is 2.64. The van der Waals surface area contributed by atoms with Crippen molar-refractivity contribution in [2.24, 2.45) is 5.92 Å². The van der Waals surface area contributed by atoms with Crippen molar-refractivity contribution in [3.05, 3.63) is 34.9 Å². The molecule has 2 nitrogen and oxygen atoms in total. The Morgan fingerprint density at radius 1 is 1.37 bits per heavy atom. The molecule has 1 aromatic rings. The number of rotatable bonds is 4. The van der Waals surface area contributed by atoms with Crippen LogP contribution in [-0.2, 0) is 0 Å². The minimum absolute atomic E-state index is 0.166. The maximum atomic E-state index is 13.8. The van der Waals surface area contributed by atoms with Crippen molar-refractivity contribution in [1.82, 2.24) is 10.2 Å². The van der Waals surface area contributed by atoms with Crippen LogP contribution < -0.4 is 5.32 Å². The highest BCUT2D eigenvalue weighted by Gasteiger charge is 2.20. The minimum atomic E-state index is -0.342. The first kappa shape index (κ1) is 14.4. The standard InChI is InChI=1S/C15H22F2N2/c1-10-6-15(17)13(7-14(10)16)11(2)18-8-12-4-5-19(3)9-12/h6-7,11-12,18H,4-5,8-9H2,1-3H3. The number of aryl methyl sites for hydroxylation is 1. The molecule has 2 rings (SSSR count). The molecule has 0 saturated carbocycles. The summed E-state index contributed by atoms with van der Waals surface area (Å²) < 4.78 is 27.3. The van der Waals surface area contributed by atoms with Crippen molar-refractivity contribution in [3.63, 3.8) is 0 Å². The van der Waals surface area contributed by atoms with Crippen LogP contribution in [0.2, 0.25) is 0 Å². The molecule has 0 spiro atoms. The van der Waals surface area contributed by atoms with E-state index in [1.54, 1.807) is 6.92 Å². The summed E-state index contributed by atoms with van der Waals surface area (Å²) in [6.07, 6.45) is 1.17. The monoisotopic (exact) mass is 268 g/mol. The zero-order valence-electron chi connectivity index (χ0n) is 11.8. The molecule has 1 aliphatic rings. The first-order valence-corrected chi connectivity index (χ1v) is 6.85. The molecule has 1 heterocycles. The van der Waals surface area contributed by atoms with Crippen molar-refractivity contribution < 1.29 is 8.78 Å². The van der Waals surface area contributed by atoms with E-state index in [0.717, 1.165) is 19.6 Å². The van der Waals surface area contributed by atoms with E-state index in [4.69, 9.17) is 0 Å². The molecule has 4 heteroatoms. The van der Waals surface area contributed by atoms with E-state index < -0.39 is 0 Å². The van der Waals surface area contributed by atoms with Gasteiger partial charge in [0.1, 0.15) is 11.6 Å². The number of nitrogens with zero attached hydrogens (tertiary/aromatic N) is 1. The molecule has 1 saturated heterocycles. The van der Waals surface area contributed by atoms with Gasteiger partial charge in [0.2, 0.25) is 0 Å². The van der Waals surface area contributed by atoms with E-state index in [1.165, 1.54) is 18.6 Å². The largest absolute Gasteiger partial charge is 0.310 e. The first-order chi connectivity index (χ1) is 8.97. The number of halogens is 2. The molecular weight excluding hydrogens is 246 g/mol. The maximum Gasteiger partial charge on any atom is 0.128 e. The third kappa shape index (κ3) is 3.51. The van der Waals surface area contributed by atoms with Gasteiger partial charge in [-0.3, -0.25) is 0 Å². The van der Waals surface area contributed by atoms with Crippen LogP contribution in [0.3, 0.4) is 0 Å². The van der Waals surface area contributed by atoms with Gasteiger partial charge in [-0.1, -0.05) is 0 Å². The van der Waals surface area contributed by atoms with Crippen LogP contribution in [0.4, 0.5) is 8.78 Å². The van der Waals surface area contributed by atoms with Gasteiger partial charge in [0, 0.05) is 18.2 Å². The van der Waals surface area contributed by atoms with E-state index in [9.17, 15) is 8.78 Å². The molecular formula is C15H22F2N2. The average Bonchev–Trinajstić information content (AvgIpc) is 2.77. The van der Waals surface area contributed by atoms with Crippen LogP contribution in [0.15, 0.2) is 12.1 Å². The SMILES string of the molecule is Cc1cc(F)c(C(C)NCC2CCN(C)C2)cc1F. The Kier molecular flexibility index (Phi) is 4.53. The third-order valence-corrected chi connectivity index (χ3v) is 3.95. The highest BCUT2D eigenvalue weighted by molar-refractivity contribution is 5.27. The molecule has 2 unspecified atom stereocenters. The number of nitrogens with one attached hydrogen (secondary N) is 1. The van der Waals surface area contributed by atoms with Gasteiger partial charge in [0.15, 0.2) is 0 Å². The van der Waals surface area contributed by atoms with Crippen LogP contribution in [-0.4, -0.2) is 31.6 Å². The smallest absolute Gasteiger partial charge is 0.128 e. The van der Waals surface area contributed by atoms with Crippen molar-refractivity contribution in [2.75, 3.05) is 26.7 Å². The molecule has 0 aromatic heterocycles. The van der Waals surface area contributed by atoms with Gasteiger partial charge in [0.25, 0.3) is 0 Å². The normalized spacial score (nSPS) is 21.8. The quantitative estimate of drug-likeness (QED) is 0.903. The lowest BCUT2D eigenvalue weighted by Crippen LogP contribution is -2.28. The molecule has 0 amide bonds. The lowest BCUT2D eigenvalue weighted by atomic mass is 10.0. The Morgan fingerprint density at radius 2 is 2.11 bits per heavy atom. The van der Waals surface area contributed by atoms with E-state index in [1.807, 2.05) is 6.92 Å². The molecule has 1 aliphatic heterocycles. The maximum absolute atomic E-state index is 13.8. The molecule has 0 aliphatic carbocycles. The topological polar surface area (TPSA) is 15.3 Å². The summed E-state index contributed by atoms with van der Waals surface area (Å²) in [5.41, 5.74) is 0.764.